The van der Waals surface area contributed by atoms with Crippen LogP contribution in [0, 0.1) is 0 Å². The molecule has 0 fully saturated rings. The van der Waals surface area contributed by atoms with E-state index < -0.39 is 34.1 Å². The SMILES string of the molecule is CO[Si](CC[Si](C)(C)N[Si](C)(C)CC[Si](OC)(OC)OC)(OC)OC. The highest BCUT2D eigenvalue weighted by molar-refractivity contribution is 6.92. The van der Waals surface area contributed by atoms with E-state index in [2.05, 4.69) is 30.8 Å². The highest BCUT2D eigenvalue weighted by Gasteiger charge is 2.43. The van der Waals surface area contributed by atoms with Crippen molar-refractivity contribution in [1.29, 1.82) is 0 Å². The molecule has 152 valence electrons. The third kappa shape index (κ3) is 8.42. The molecule has 0 spiro atoms. The van der Waals surface area contributed by atoms with Crippen LogP contribution >= 0.6 is 0 Å². The molecule has 0 atom stereocenters. The Labute approximate surface area is 158 Å². The molecule has 0 aliphatic rings. The molecule has 0 rings (SSSR count). The number of rotatable bonds is 14. The van der Waals surface area contributed by atoms with E-state index in [9.17, 15) is 0 Å². The van der Waals surface area contributed by atoms with Gasteiger partial charge in [-0.05, 0) is 12.1 Å². The van der Waals surface area contributed by atoms with E-state index in [1.165, 1.54) is 0 Å². The highest BCUT2D eigenvalue weighted by atomic mass is 28.4. The van der Waals surface area contributed by atoms with Crippen molar-refractivity contribution in [2.45, 2.75) is 50.4 Å². The molecule has 0 aromatic heterocycles. The van der Waals surface area contributed by atoms with Gasteiger partial charge in [-0.2, -0.15) is 0 Å². The average molecular weight is 430 g/mol. The largest absolute Gasteiger partial charge is 0.499 e. The predicted octanol–water partition coefficient (Wildman–Crippen LogP) is 2.74. The van der Waals surface area contributed by atoms with E-state index in [0.717, 1.165) is 24.2 Å². The van der Waals surface area contributed by atoms with Crippen molar-refractivity contribution in [3.05, 3.63) is 0 Å². The molecular formula is C14H39NO6Si4. The van der Waals surface area contributed by atoms with Crippen LogP contribution in [0.4, 0.5) is 0 Å². The fourth-order valence-corrected chi connectivity index (χ4v) is 21.1. The van der Waals surface area contributed by atoms with Crippen LogP contribution in [0.2, 0.25) is 50.4 Å². The summed E-state index contributed by atoms with van der Waals surface area (Å²) in [6.07, 6.45) is 0. The second-order valence-electron chi connectivity index (χ2n) is 7.48. The molecule has 0 aliphatic heterocycles. The zero-order valence-electron chi connectivity index (χ0n) is 17.8. The van der Waals surface area contributed by atoms with Gasteiger partial charge in [-0.15, -0.1) is 0 Å². The zero-order valence-corrected chi connectivity index (χ0v) is 21.8. The maximum Gasteiger partial charge on any atom is 0.499 e. The van der Waals surface area contributed by atoms with Gasteiger partial charge in [0.15, 0.2) is 0 Å². The highest BCUT2D eigenvalue weighted by Crippen LogP contribution is 2.25. The Bertz CT molecular complexity index is 328. The van der Waals surface area contributed by atoms with Crippen molar-refractivity contribution in [2.24, 2.45) is 0 Å². The van der Waals surface area contributed by atoms with Crippen molar-refractivity contribution in [3.63, 3.8) is 0 Å². The Morgan fingerprint density at radius 2 is 0.720 bits per heavy atom. The summed E-state index contributed by atoms with van der Waals surface area (Å²) >= 11 is 0. The van der Waals surface area contributed by atoms with E-state index in [1.54, 1.807) is 42.7 Å². The lowest BCUT2D eigenvalue weighted by atomic mass is 10.9. The molecule has 0 bridgehead atoms. The minimum Gasteiger partial charge on any atom is -0.377 e. The summed E-state index contributed by atoms with van der Waals surface area (Å²) in [5, 5.41) is 0. The van der Waals surface area contributed by atoms with Crippen LogP contribution in [-0.2, 0) is 26.6 Å². The molecule has 0 amide bonds. The molecule has 7 nitrogen and oxygen atoms in total. The summed E-state index contributed by atoms with van der Waals surface area (Å²) < 4.78 is 37.3. The Balaban J connectivity index is 4.79. The molecular weight excluding hydrogens is 390 g/mol. The van der Waals surface area contributed by atoms with E-state index in [-0.39, 0.29) is 0 Å². The molecule has 0 unspecified atom stereocenters. The Hall–Kier alpha value is 0.588. The standard InChI is InChI=1S/C14H39NO6Si4/c1-16-24(17-2,18-3)13-11-22(7,8)15-23(9,10)12-14-25(19-4,20-5)21-6/h15H,11-14H2,1-10H3. The smallest absolute Gasteiger partial charge is 0.377 e. The van der Waals surface area contributed by atoms with Crippen LogP contribution in [0.15, 0.2) is 0 Å². The van der Waals surface area contributed by atoms with Crippen molar-refractivity contribution in [1.82, 2.24) is 4.65 Å². The first-order chi connectivity index (χ1) is 11.5. The van der Waals surface area contributed by atoms with Gasteiger partial charge in [0.2, 0.25) is 0 Å². The second kappa shape index (κ2) is 10.8. The molecule has 0 aromatic rings. The average Bonchev–Trinajstić information content (AvgIpc) is 2.57. The van der Waals surface area contributed by atoms with E-state index in [0.29, 0.717) is 0 Å². The van der Waals surface area contributed by atoms with Gasteiger partial charge >= 0.3 is 17.6 Å². The van der Waals surface area contributed by atoms with Crippen molar-refractivity contribution < 1.29 is 26.6 Å². The van der Waals surface area contributed by atoms with Crippen molar-refractivity contribution >= 4 is 34.1 Å². The predicted molar refractivity (Wildman–Crippen MR) is 111 cm³/mol. The quantitative estimate of drug-likeness (QED) is 0.426. The summed E-state index contributed by atoms with van der Waals surface area (Å²) in [5.74, 6) is 0. The van der Waals surface area contributed by atoms with Crippen molar-refractivity contribution in [3.8, 4) is 0 Å². The summed E-state index contributed by atoms with van der Waals surface area (Å²) in [7, 11) is 1.75. The minimum absolute atomic E-state index is 0.833. The maximum atomic E-state index is 5.55. The normalized spacial score (nSPS) is 14.2. The monoisotopic (exact) mass is 429 g/mol. The van der Waals surface area contributed by atoms with Gasteiger partial charge < -0.3 is 31.2 Å². The van der Waals surface area contributed by atoms with Crippen LogP contribution < -0.4 is 4.65 Å². The van der Waals surface area contributed by atoms with Gasteiger partial charge in [0, 0.05) is 54.7 Å². The minimum atomic E-state index is -2.51. The zero-order chi connectivity index (χ0) is 19.8. The van der Waals surface area contributed by atoms with Gasteiger partial charge in [-0.1, -0.05) is 26.2 Å². The lowest BCUT2D eigenvalue weighted by Gasteiger charge is -2.37. The van der Waals surface area contributed by atoms with E-state index >= 15 is 0 Å². The van der Waals surface area contributed by atoms with E-state index in [1.807, 2.05) is 0 Å². The Morgan fingerprint density at radius 1 is 0.480 bits per heavy atom. The fourth-order valence-electron chi connectivity index (χ4n) is 3.08. The van der Waals surface area contributed by atoms with Crippen LogP contribution in [0.5, 0.6) is 0 Å². The molecule has 0 radical (unpaired) electrons. The third-order valence-electron chi connectivity index (χ3n) is 4.66. The lowest BCUT2D eigenvalue weighted by Crippen LogP contribution is -2.60. The number of hydrogen-bond donors (Lipinski definition) is 1. The van der Waals surface area contributed by atoms with Crippen LogP contribution in [0.1, 0.15) is 0 Å². The topological polar surface area (TPSA) is 67.4 Å². The maximum absolute atomic E-state index is 5.55. The van der Waals surface area contributed by atoms with Crippen LogP contribution in [-0.4, -0.2) is 76.7 Å². The summed E-state index contributed by atoms with van der Waals surface area (Å²) in [6, 6.07) is 3.76. The molecule has 0 heterocycles. The molecule has 1 N–H and O–H groups in total. The number of hydrogen-bond acceptors (Lipinski definition) is 7. The van der Waals surface area contributed by atoms with Gasteiger partial charge in [-0.3, -0.25) is 0 Å². The first kappa shape index (κ1) is 25.6. The molecule has 25 heavy (non-hydrogen) atoms. The van der Waals surface area contributed by atoms with Crippen molar-refractivity contribution in [2.75, 3.05) is 42.7 Å². The molecule has 0 saturated carbocycles. The van der Waals surface area contributed by atoms with Gasteiger partial charge in [0.1, 0.15) is 16.5 Å². The van der Waals surface area contributed by atoms with Gasteiger partial charge in [0.25, 0.3) is 0 Å². The van der Waals surface area contributed by atoms with Crippen LogP contribution in [0.25, 0.3) is 0 Å². The summed E-state index contributed by atoms with van der Waals surface area (Å²) in [6.45, 7) is 9.43. The Kier molecular flexibility index (Phi) is 11.1. The third-order valence-corrected chi connectivity index (χ3v) is 19.5. The first-order valence-electron chi connectivity index (χ1n) is 8.59. The Morgan fingerprint density at radius 3 is 0.920 bits per heavy atom. The summed E-state index contributed by atoms with van der Waals surface area (Å²) in [5.41, 5.74) is 0. The second-order valence-corrected chi connectivity index (χ2v) is 23.2. The van der Waals surface area contributed by atoms with Crippen LogP contribution in [0.3, 0.4) is 0 Å². The van der Waals surface area contributed by atoms with Gasteiger partial charge in [0.05, 0.1) is 0 Å². The molecule has 0 saturated heterocycles. The molecule has 11 heteroatoms. The fraction of sp³-hybridized carbons (Fsp3) is 1.00. The van der Waals surface area contributed by atoms with Gasteiger partial charge in [-0.25, -0.2) is 0 Å². The molecule has 0 aromatic carbocycles. The molecule has 0 aliphatic carbocycles. The lowest BCUT2D eigenvalue weighted by molar-refractivity contribution is 0.124. The first-order valence-corrected chi connectivity index (χ1v) is 18.9. The van der Waals surface area contributed by atoms with E-state index in [4.69, 9.17) is 26.6 Å². The number of nitrogens with one attached hydrogen (secondary N) is 1. The summed E-state index contributed by atoms with van der Waals surface area (Å²) in [4.78, 5) is 0.